The van der Waals surface area contributed by atoms with E-state index < -0.39 is 15.9 Å². The molecule has 1 aromatic rings. The van der Waals surface area contributed by atoms with Crippen LogP contribution in [0, 0.1) is 5.92 Å². The molecule has 2 N–H and O–H groups in total. The Morgan fingerprint density at radius 2 is 1.84 bits per heavy atom. The standard InChI is InChI=1S/C14H21NO3S/c1-3-19(17,18)10-9-13(16)11(2)14(15)12-7-5-4-6-8-12/h4-8,11,14H,3,9-10,15H2,1-2H3. The predicted molar refractivity (Wildman–Crippen MR) is 76.5 cm³/mol. The molecule has 0 amide bonds. The molecule has 0 saturated heterocycles. The van der Waals surface area contributed by atoms with Crippen LogP contribution in [0.15, 0.2) is 30.3 Å². The molecule has 0 spiro atoms. The Hall–Kier alpha value is -1.20. The second-order valence-corrected chi connectivity index (χ2v) is 7.15. The molecule has 4 nitrogen and oxygen atoms in total. The molecule has 0 heterocycles. The molecular formula is C14H21NO3S. The normalized spacial score (nSPS) is 14.9. The van der Waals surface area contributed by atoms with Crippen molar-refractivity contribution >= 4 is 15.6 Å². The lowest BCUT2D eigenvalue weighted by Gasteiger charge is -2.19. The van der Waals surface area contributed by atoms with Crippen molar-refractivity contribution in [1.82, 2.24) is 0 Å². The van der Waals surface area contributed by atoms with Crippen molar-refractivity contribution in [2.75, 3.05) is 11.5 Å². The number of rotatable bonds is 7. The van der Waals surface area contributed by atoms with Gasteiger partial charge in [0.15, 0.2) is 0 Å². The molecule has 0 bridgehead atoms. The third kappa shape index (κ3) is 4.76. The van der Waals surface area contributed by atoms with Crippen LogP contribution in [-0.2, 0) is 14.6 Å². The Labute approximate surface area is 114 Å². The van der Waals surface area contributed by atoms with Crippen molar-refractivity contribution in [1.29, 1.82) is 0 Å². The number of hydrogen-bond donors (Lipinski definition) is 1. The van der Waals surface area contributed by atoms with Gasteiger partial charge in [-0.25, -0.2) is 8.42 Å². The number of ketones is 1. The van der Waals surface area contributed by atoms with E-state index in [0.29, 0.717) is 0 Å². The summed E-state index contributed by atoms with van der Waals surface area (Å²) in [7, 11) is -3.10. The Morgan fingerprint density at radius 3 is 2.37 bits per heavy atom. The van der Waals surface area contributed by atoms with Crippen molar-refractivity contribution in [3.63, 3.8) is 0 Å². The van der Waals surface area contributed by atoms with Crippen molar-refractivity contribution in [2.45, 2.75) is 26.3 Å². The zero-order chi connectivity index (χ0) is 14.5. The maximum atomic E-state index is 12.0. The second-order valence-electron chi connectivity index (χ2n) is 4.68. The number of Topliss-reactive ketones (excluding diaryl/α,β-unsaturated/α-hetero) is 1. The first kappa shape index (κ1) is 15.9. The minimum Gasteiger partial charge on any atom is -0.323 e. The topological polar surface area (TPSA) is 77.2 Å². The fourth-order valence-corrected chi connectivity index (χ4v) is 2.59. The van der Waals surface area contributed by atoms with Crippen LogP contribution >= 0.6 is 0 Å². The molecule has 5 heteroatoms. The van der Waals surface area contributed by atoms with Gasteiger partial charge in [0.1, 0.15) is 15.6 Å². The zero-order valence-corrected chi connectivity index (χ0v) is 12.2. The van der Waals surface area contributed by atoms with Gasteiger partial charge < -0.3 is 5.73 Å². The lowest BCUT2D eigenvalue weighted by molar-refractivity contribution is -0.122. The highest BCUT2D eigenvalue weighted by Crippen LogP contribution is 2.21. The Bertz CT molecular complexity index is 511. The summed E-state index contributed by atoms with van der Waals surface area (Å²) in [4.78, 5) is 12.0. The van der Waals surface area contributed by atoms with Gasteiger partial charge in [0.05, 0.1) is 5.75 Å². The van der Waals surface area contributed by atoms with Crippen LogP contribution in [0.3, 0.4) is 0 Å². The quantitative estimate of drug-likeness (QED) is 0.826. The maximum absolute atomic E-state index is 12.0. The van der Waals surface area contributed by atoms with Crippen LogP contribution in [-0.4, -0.2) is 25.7 Å². The first-order valence-electron chi connectivity index (χ1n) is 6.41. The number of nitrogens with two attached hydrogens (primary N) is 1. The molecule has 106 valence electrons. The number of carbonyl (C=O) groups excluding carboxylic acids is 1. The molecule has 0 aliphatic rings. The highest BCUT2D eigenvalue weighted by molar-refractivity contribution is 7.91. The third-order valence-corrected chi connectivity index (χ3v) is 5.04. The van der Waals surface area contributed by atoms with E-state index >= 15 is 0 Å². The molecule has 0 saturated carbocycles. The van der Waals surface area contributed by atoms with Gasteiger partial charge in [0.2, 0.25) is 0 Å². The van der Waals surface area contributed by atoms with E-state index in [0.717, 1.165) is 5.56 Å². The molecule has 1 rings (SSSR count). The fourth-order valence-electron chi connectivity index (χ4n) is 1.79. The Balaban J connectivity index is 2.63. The average molecular weight is 283 g/mol. The lowest BCUT2D eigenvalue weighted by Crippen LogP contribution is -2.27. The Kier molecular flexibility index (Phi) is 5.69. The molecule has 0 aromatic heterocycles. The van der Waals surface area contributed by atoms with Gasteiger partial charge in [-0.3, -0.25) is 4.79 Å². The van der Waals surface area contributed by atoms with E-state index in [9.17, 15) is 13.2 Å². The van der Waals surface area contributed by atoms with E-state index in [2.05, 4.69) is 0 Å². The largest absolute Gasteiger partial charge is 0.323 e. The molecule has 0 aliphatic heterocycles. The third-order valence-electron chi connectivity index (χ3n) is 3.33. The fraction of sp³-hybridized carbons (Fsp3) is 0.500. The van der Waals surface area contributed by atoms with Crippen molar-refractivity contribution in [3.8, 4) is 0 Å². The predicted octanol–water partition coefficient (Wildman–Crippen LogP) is 1.72. The van der Waals surface area contributed by atoms with E-state index in [1.807, 2.05) is 30.3 Å². The van der Waals surface area contributed by atoms with Crippen LogP contribution in [0.2, 0.25) is 0 Å². The second kappa shape index (κ2) is 6.82. The summed E-state index contributed by atoms with van der Waals surface area (Å²) in [5.41, 5.74) is 6.93. The highest BCUT2D eigenvalue weighted by atomic mass is 32.2. The number of benzene rings is 1. The summed E-state index contributed by atoms with van der Waals surface area (Å²) in [5, 5.41) is 0. The Morgan fingerprint density at radius 1 is 1.26 bits per heavy atom. The van der Waals surface area contributed by atoms with Crippen molar-refractivity contribution < 1.29 is 13.2 Å². The summed E-state index contributed by atoms with van der Waals surface area (Å²) >= 11 is 0. The minimum absolute atomic E-state index is 0.0396. The van der Waals surface area contributed by atoms with E-state index in [1.54, 1.807) is 13.8 Å². The summed E-state index contributed by atoms with van der Waals surface area (Å²) < 4.78 is 22.8. The monoisotopic (exact) mass is 283 g/mol. The van der Waals surface area contributed by atoms with Crippen molar-refractivity contribution in [2.24, 2.45) is 11.7 Å². The van der Waals surface area contributed by atoms with Gasteiger partial charge in [-0.1, -0.05) is 44.2 Å². The molecule has 0 fully saturated rings. The van der Waals surface area contributed by atoms with E-state index in [1.165, 1.54) is 0 Å². The first-order chi connectivity index (χ1) is 8.87. The molecule has 0 aliphatic carbocycles. The molecule has 2 atom stereocenters. The minimum atomic E-state index is -3.10. The van der Waals surface area contributed by atoms with Gasteiger partial charge in [0.25, 0.3) is 0 Å². The van der Waals surface area contributed by atoms with Gasteiger partial charge in [-0.15, -0.1) is 0 Å². The summed E-state index contributed by atoms with van der Waals surface area (Å²) in [5.74, 6) is -0.504. The van der Waals surface area contributed by atoms with Crippen LogP contribution in [0.25, 0.3) is 0 Å². The summed E-state index contributed by atoms with van der Waals surface area (Å²) in [6.45, 7) is 3.33. The number of sulfone groups is 1. The van der Waals surface area contributed by atoms with Gasteiger partial charge in [-0.2, -0.15) is 0 Å². The molecule has 2 unspecified atom stereocenters. The highest BCUT2D eigenvalue weighted by Gasteiger charge is 2.23. The van der Waals surface area contributed by atoms with E-state index in [-0.39, 0.29) is 29.6 Å². The van der Waals surface area contributed by atoms with Crippen LogP contribution in [0.4, 0.5) is 0 Å². The molecule has 1 aromatic carbocycles. The zero-order valence-electron chi connectivity index (χ0n) is 11.4. The lowest BCUT2D eigenvalue weighted by atomic mass is 9.91. The van der Waals surface area contributed by atoms with Gasteiger partial charge in [0, 0.05) is 24.1 Å². The molecule has 19 heavy (non-hydrogen) atoms. The first-order valence-corrected chi connectivity index (χ1v) is 8.23. The molecule has 0 radical (unpaired) electrons. The van der Waals surface area contributed by atoms with Crippen molar-refractivity contribution in [3.05, 3.63) is 35.9 Å². The molecular weight excluding hydrogens is 262 g/mol. The van der Waals surface area contributed by atoms with Crippen LogP contribution in [0.1, 0.15) is 31.9 Å². The van der Waals surface area contributed by atoms with E-state index in [4.69, 9.17) is 5.73 Å². The average Bonchev–Trinajstić information content (AvgIpc) is 2.44. The summed E-state index contributed by atoms with van der Waals surface area (Å²) in [6, 6.07) is 8.98. The number of hydrogen-bond acceptors (Lipinski definition) is 4. The SMILES string of the molecule is CCS(=O)(=O)CCC(=O)C(C)C(N)c1ccccc1. The number of carbonyl (C=O) groups is 1. The van der Waals surface area contributed by atoms with Crippen LogP contribution in [0.5, 0.6) is 0 Å². The van der Waals surface area contributed by atoms with Gasteiger partial charge in [-0.05, 0) is 5.56 Å². The smallest absolute Gasteiger partial charge is 0.150 e. The van der Waals surface area contributed by atoms with Gasteiger partial charge >= 0.3 is 0 Å². The summed E-state index contributed by atoms with van der Waals surface area (Å²) in [6.07, 6.45) is 0.0396. The maximum Gasteiger partial charge on any atom is 0.150 e. The van der Waals surface area contributed by atoms with Crippen LogP contribution < -0.4 is 5.73 Å².